The Balaban J connectivity index is 4.55. The molecule has 12 nitrogen and oxygen atoms in total. The standard InChI is InChI=1S/C40H80O12P2/c1-3-5-7-9-11-13-15-17-19-21-23-25-27-29-31-33-39(41)51-37(35-49-53(43,44)45)38(36-50-54(46,47)48)52-40(42)34-32-30-28-26-24-22-20-18-16-14-12-10-8-6-4-2/h37-38H,3-36H2,1-2H3,(H2,43,44,45)(H2,46,47,48). The van der Waals surface area contributed by atoms with Gasteiger partial charge in [0.25, 0.3) is 0 Å². The number of carbonyl (C=O) groups excluding carboxylic acids is 2. The Morgan fingerprint density at radius 2 is 0.593 bits per heavy atom. The van der Waals surface area contributed by atoms with Gasteiger partial charge < -0.3 is 29.0 Å². The molecule has 0 spiro atoms. The van der Waals surface area contributed by atoms with Gasteiger partial charge in [-0.1, -0.05) is 194 Å². The monoisotopic (exact) mass is 815 g/mol. The fourth-order valence-corrected chi connectivity index (χ4v) is 7.19. The summed E-state index contributed by atoms with van der Waals surface area (Å²) in [6, 6.07) is 0. The lowest BCUT2D eigenvalue weighted by Gasteiger charge is -2.27. The van der Waals surface area contributed by atoms with Crippen molar-refractivity contribution in [3.05, 3.63) is 0 Å². The van der Waals surface area contributed by atoms with Crippen LogP contribution >= 0.6 is 15.6 Å². The Labute approximate surface area is 328 Å². The number of ether oxygens (including phenoxy) is 2. The van der Waals surface area contributed by atoms with Gasteiger partial charge >= 0.3 is 27.6 Å². The highest BCUT2D eigenvalue weighted by Gasteiger charge is 2.34. The SMILES string of the molecule is CCCCCCCCCCCCCCCCCC(=O)OC(COP(=O)(O)O)C(COP(=O)(O)O)OC(=O)CCCCCCCCCCCCCCCCC. The molecule has 322 valence electrons. The summed E-state index contributed by atoms with van der Waals surface area (Å²) in [5.74, 6) is -1.41. The third-order valence-corrected chi connectivity index (χ3v) is 10.7. The Kier molecular flexibility index (Phi) is 35.9. The fourth-order valence-electron chi connectivity index (χ4n) is 6.51. The summed E-state index contributed by atoms with van der Waals surface area (Å²) in [4.78, 5) is 62.5. The Bertz CT molecular complexity index is 895. The maximum absolute atomic E-state index is 12.7. The molecule has 0 amide bonds. The van der Waals surface area contributed by atoms with E-state index in [1.165, 1.54) is 128 Å². The number of hydrogen-bond acceptors (Lipinski definition) is 8. The Morgan fingerprint density at radius 1 is 0.389 bits per heavy atom. The van der Waals surface area contributed by atoms with Crippen LogP contribution in [0.4, 0.5) is 0 Å². The van der Waals surface area contributed by atoms with Gasteiger partial charge in [-0.25, -0.2) is 9.13 Å². The quantitative estimate of drug-likeness (QED) is 0.0260. The molecule has 0 radical (unpaired) electrons. The average Bonchev–Trinajstić information content (AvgIpc) is 3.11. The summed E-state index contributed by atoms with van der Waals surface area (Å²) in [6.45, 7) is 2.74. The molecule has 0 heterocycles. The van der Waals surface area contributed by atoms with Crippen LogP contribution in [0.3, 0.4) is 0 Å². The number of carbonyl (C=O) groups is 2. The zero-order valence-electron chi connectivity index (χ0n) is 34.1. The first-order valence-electron chi connectivity index (χ1n) is 21.7. The van der Waals surface area contributed by atoms with Crippen molar-refractivity contribution in [2.45, 2.75) is 232 Å². The van der Waals surface area contributed by atoms with Crippen molar-refractivity contribution in [2.75, 3.05) is 13.2 Å². The molecule has 4 N–H and O–H groups in total. The lowest BCUT2D eigenvalue weighted by molar-refractivity contribution is -0.173. The number of phosphoric acid groups is 2. The van der Waals surface area contributed by atoms with Gasteiger partial charge in [0.2, 0.25) is 0 Å². The van der Waals surface area contributed by atoms with Crippen molar-refractivity contribution in [1.82, 2.24) is 0 Å². The largest absolute Gasteiger partial charge is 0.469 e. The van der Waals surface area contributed by atoms with Crippen LogP contribution in [0.1, 0.15) is 219 Å². The first kappa shape index (κ1) is 53.2. The van der Waals surface area contributed by atoms with Crippen LogP contribution < -0.4 is 0 Å². The zero-order valence-corrected chi connectivity index (χ0v) is 35.9. The number of rotatable bonds is 41. The van der Waals surface area contributed by atoms with E-state index >= 15 is 0 Å². The van der Waals surface area contributed by atoms with Crippen LogP contribution in [-0.2, 0) is 37.2 Å². The van der Waals surface area contributed by atoms with E-state index in [-0.39, 0.29) is 12.8 Å². The van der Waals surface area contributed by atoms with E-state index < -0.39 is 53.0 Å². The van der Waals surface area contributed by atoms with Crippen molar-refractivity contribution in [3.63, 3.8) is 0 Å². The highest BCUT2D eigenvalue weighted by Crippen LogP contribution is 2.38. The van der Waals surface area contributed by atoms with Gasteiger partial charge in [0, 0.05) is 12.8 Å². The van der Waals surface area contributed by atoms with Crippen molar-refractivity contribution < 1.29 is 56.8 Å². The van der Waals surface area contributed by atoms with E-state index in [4.69, 9.17) is 9.47 Å². The maximum atomic E-state index is 12.7. The van der Waals surface area contributed by atoms with Crippen LogP contribution in [0.15, 0.2) is 0 Å². The van der Waals surface area contributed by atoms with E-state index in [9.17, 15) is 38.3 Å². The topological polar surface area (TPSA) is 186 Å². The molecule has 0 aromatic rings. The third kappa shape index (κ3) is 39.4. The number of phosphoric ester groups is 2. The molecule has 2 atom stereocenters. The number of hydrogen-bond donors (Lipinski definition) is 4. The lowest BCUT2D eigenvalue weighted by atomic mass is 10.0. The minimum absolute atomic E-state index is 0.0177. The van der Waals surface area contributed by atoms with Gasteiger partial charge in [-0.3, -0.25) is 18.6 Å². The van der Waals surface area contributed by atoms with Crippen LogP contribution in [0.5, 0.6) is 0 Å². The van der Waals surface area contributed by atoms with Crippen LogP contribution in [-0.4, -0.2) is 56.9 Å². The highest BCUT2D eigenvalue weighted by atomic mass is 31.2. The molecule has 0 rings (SSSR count). The average molecular weight is 815 g/mol. The molecule has 2 unspecified atom stereocenters. The molecule has 0 saturated heterocycles. The van der Waals surface area contributed by atoms with Crippen molar-refractivity contribution in [2.24, 2.45) is 0 Å². The molecule has 0 aliphatic rings. The van der Waals surface area contributed by atoms with Gasteiger partial charge in [0.1, 0.15) is 0 Å². The van der Waals surface area contributed by atoms with E-state index in [0.717, 1.165) is 51.4 Å². The maximum Gasteiger partial charge on any atom is 0.469 e. The molecule has 54 heavy (non-hydrogen) atoms. The summed E-state index contributed by atoms with van der Waals surface area (Å²) >= 11 is 0. The van der Waals surface area contributed by atoms with Gasteiger partial charge in [-0.15, -0.1) is 0 Å². The minimum Gasteiger partial charge on any atom is -0.456 e. The summed E-state index contributed by atoms with van der Waals surface area (Å²) in [7, 11) is -10.0. The summed E-state index contributed by atoms with van der Waals surface area (Å²) in [5, 5.41) is 0. The smallest absolute Gasteiger partial charge is 0.456 e. The van der Waals surface area contributed by atoms with E-state index in [1.807, 2.05) is 0 Å². The lowest BCUT2D eigenvalue weighted by Crippen LogP contribution is -2.41. The normalized spacial score (nSPS) is 13.2. The molecule has 0 aromatic carbocycles. The van der Waals surface area contributed by atoms with Gasteiger partial charge in [-0.05, 0) is 12.8 Å². The van der Waals surface area contributed by atoms with E-state index in [0.29, 0.717) is 12.8 Å². The van der Waals surface area contributed by atoms with Crippen molar-refractivity contribution >= 4 is 27.6 Å². The minimum atomic E-state index is -5.01. The van der Waals surface area contributed by atoms with Gasteiger partial charge in [0.05, 0.1) is 13.2 Å². The second-order valence-electron chi connectivity index (χ2n) is 15.0. The van der Waals surface area contributed by atoms with E-state index in [1.54, 1.807) is 0 Å². The molecular weight excluding hydrogens is 734 g/mol. The summed E-state index contributed by atoms with van der Waals surface area (Å²) in [5.41, 5.74) is 0. The second-order valence-corrected chi connectivity index (χ2v) is 17.5. The van der Waals surface area contributed by atoms with Crippen molar-refractivity contribution in [1.29, 1.82) is 0 Å². The van der Waals surface area contributed by atoms with Crippen LogP contribution in [0, 0.1) is 0 Å². The molecular formula is C40H80O12P2. The third-order valence-electron chi connectivity index (χ3n) is 9.76. The zero-order chi connectivity index (χ0) is 40.2. The fraction of sp³-hybridized carbons (Fsp3) is 0.950. The molecule has 0 aliphatic carbocycles. The van der Waals surface area contributed by atoms with Gasteiger partial charge in [-0.2, -0.15) is 0 Å². The predicted molar refractivity (Wildman–Crippen MR) is 215 cm³/mol. The first-order chi connectivity index (χ1) is 25.9. The summed E-state index contributed by atoms with van der Waals surface area (Å²) in [6.07, 6.45) is 32.0. The van der Waals surface area contributed by atoms with Crippen LogP contribution in [0.2, 0.25) is 0 Å². The Hall–Kier alpha value is -0.840. The summed E-state index contributed by atoms with van der Waals surface area (Å²) < 4.78 is 42.8. The number of esters is 2. The first-order valence-corrected chi connectivity index (χ1v) is 24.7. The van der Waals surface area contributed by atoms with E-state index in [2.05, 4.69) is 22.9 Å². The molecule has 0 aromatic heterocycles. The molecule has 0 aliphatic heterocycles. The predicted octanol–water partition coefficient (Wildman–Crippen LogP) is 11.6. The van der Waals surface area contributed by atoms with Crippen molar-refractivity contribution in [3.8, 4) is 0 Å². The van der Waals surface area contributed by atoms with Gasteiger partial charge in [0.15, 0.2) is 12.2 Å². The molecule has 0 bridgehead atoms. The molecule has 14 heteroatoms. The molecule has 0 saturated carbocycles. The second kappa shape index (κ2) is 36.5. The number of unbranched alkanes of at least 4 members (excludes halogenated alkanes) is 28. The Morgan fingerprint density at radius 3 is 0.796 bits per heavy atom. The molecule has 0 fully saturated rings. The van der Waals surface area contributed by atoms with Crippen LogP contribution in [0.25, 0.3) is 0 Å². The highest BCUT2D eigenvalue weighted by molar-refractivity contribution is 7.46.